The van der Waals surface area contributed by atoms with Crippen LogP contribution >= 0.6 is 27.5 Å². The Morgan fingerprint density at radius 1 is 1.21 bits per heavy atom. The van der Waals surface area contributed by atoms with Gasteiger partial charge in [0.25, 0.3) is 0 Å². The molecule has 2 aromatic rings. The molecule has 0 amide bonds. The molecule has 0 spiro atoms. The van der Waals surface area contributed by atoms with Crippen molar-refractivity contribution in [3.63, 3.8) is 0 Å². The zero-order chi connectivity index (χ0) is 13.8. The van der Waals surface area contributed by atoms with E-state index in [-0.39, 0.29) is 10.8 Å². The highest BCUT2D eigenvalue weighted by Gasteiger charge is 2.11. The Labute approximate surface area is 124 Å². The number of halogens is 3. The van der Waals surface area contributed by atoms with E-state index in [2.05, 4.69) is 15.9 Å². The van der Waals surface area contributed by atoms with Gasteiger partial charge in [0.1, 0.15) is 5.82 Å². The van der Waals surface area contributed by atoms with Crippen LogP contribution in [0.3, 0.4) is 0 Å². The van der Waals surface area contributed by atoms with Gasteiger partial charge >= 0.3 is 0 Å². The number of ketones is 1. The Balaban J connectivity index is 2.05. The molecule has 1 nitrogen and oxygen atoms in total. The van der Waals surface area contributed by atoms with Crippen molar-refractivity contribution in [2.75, 3.05) is 0 Å². The van der Waals surface area contributed by atoms with Crippen LogP contribution < -0.4 is 0 Å². The van der Waals surface area contributed by atoms with E-state index in [1.54, 1.807) is 0 Å². The molecule has 19 heavy (non-hydrogen) atoms. The van der Waals surface area contributed by atoms with E-state index in [1.165, 1.54) is 12.1 Å². The summed E-state index contributed by atoms with van der Waals surface area (Å²) in [5.41, 5.74) is 1.44. The van der Waals surface area contributed by atoms with Gasteiger partial charge in [-0.1, -0.05) is 39.7 Å². The molecule has 0 heterocycles. The van der Waals surface area contributed by atoms with Crippen molar-refractivity contribution in [1.29, 1.82) is 0 Å². The number of aryl methyl sites for hydroxylation is 1. The van der Waals surface area contributed by atoms with Crippen LogP contribution in [0.15, 0.2) is 46.9 Å². The van der Waals surface area contributed by atoms with Gasteiger partial charge in [-0.05, 0) is 42.3 Å². The van der Waals surface area contributed by atoms with Gasteiger partial charge in [-0.15, -0.1) is 0 Å². The Bertz CT molecular complexity index is 613. The molecule has 2 rings (SSSR count). The van der Waals surface area contributed by atoms with Crippen LogP contribution in [0.1, 0.15) is 22.3 Å². The molecular formula is C15H11BrClFO. The second-order valence-electron chi connectivity index (χ2n) is 4.18. The molecule has 0 N–H and O–H groups in total. The molecule has 0 saturated carbocycles. The van der Waals surface area contributed by atoms with Crippen molar-refractivity contribution >= 4 is 33.3 Å². The van der Waals surface area contributed by atoms with E-state index in [9.17, 15) is 9.18 Å². The maximum Gasteiger partial charge on any atom is 0.164 e. The van der Waals surface area contributed by atoms with Crippen LogP contribution in [-0.2, 0) is 6.42 Å². The summed E-state index contributed by atoms with van der Waals surface area (Å²) in [6, 6.07) is 11.6. The van der Waals surface area contributed by atoms with E-state index in [0.29, 0.717) is 18.4 Å². The van der Waals surface area contributed by atoms with Gasteiger partial charge in [0.05, 0.1) is 5.02 Å². The molecule has 0 saturated heterocycles. The SMILES string of the molecule is O=C(CCc1cccc(Br)c1)c1ccc(F)cc1Cl. The minimum Gasteiger partial charge on any atom is -0.294 e. The highest BCUT2D eigenvalue weighted by atomic mass is 79.9. The fraction of sp³-hybridized carbons (Fsp3) is 0.133. The largest absolute Gasteiger partial charge is 0.294 e. The first kappa shape index (κ1) is 14.2. The second-order valence-corrected chi connectivity index (χ2v) is 5.50. The first-order chi connectivity index (χ1) is 9.06. The Hall–Kier alpha value is -1.19. The fourth-order valence-corrected chi connectivity index (χ4v) is 2.52. The van der Waals surface area contributed by atoms with Crippen LogP contribution in [0.4, 0.5) is 4.39 Å². The molecule has 0 aliphatic rings. The lowest BCUT2D eigenvalue weighted by atomic mass is 10.0. The van der Waals surface area contributed by atoms with Gasteiger partial charge in [0.15, 0.2) is 5.78 Å². The van der Waals surface area contributed by atoms with E-state index < -0.39 is 5.82 Å². The van der Waals surface area contributed by atoms with Gasteiger partial charge in [-0.2, -0.15) is 0 Å². The number of hydrogen-bond acceptors (Lipinski definition) is 1. The van der Waals surface area contributed by atoms with E-state index >= 15 is 0 Å². The van der Waals surface area contributed by atoms with Crippen LogP contribution in [-0.4, -0.2) is 5.78 Å². The molecule has 0 unspecified atom stereocenters. The van der Waals surface area contributed by atoms with Gasteiger partial charge in [0, 0.05) is 16.5 Å². The Morgan fingerprint density at radius 3 is 2.68 bits per heavy atom. The van der Waals surface area contributed by atoms with Gasteiger partial charge in [0.2, 0.25) is 0 Å². The molecule has 0 aromatic heterocycles. The van der Waals surface area contributed by atoms with Crippen molar-refractivity contribution < 1.29 is 9.18 Å². The van der Waals surface area contributed by atoms with Crippen molar-refractivity contribution in [2.45, 2.75) is 12.8 Å². The van der Waals surface area contributed by atoms with E-state index in [1.807, 2.05) is 24.3 Å². The molecule has 2 aromatic carbocycles. The smallest absolute Gasteiger partial charge is 0.164 e. The highest BCUT2D eigenvalue weighted by molar-refractivity contribution is 9.10. The monoisotopic (exact) mass is 340 g/mol. The number of benzene rings is 2. The third kappa shape index (κ3) is 3.88. The van der Waals surface area contributed by atoms with E-state index in [4.69, 9.17) is 11.6 Å². The molecule has 0 aliphatic carbocycles. The van der Waals surface area contributed by atoms with Crippen LogP contribution in [0, 0.1) is 5.82 Å². The lowest BCUT2D eigenvalue weighted by Crippen LogP contribution is -2.02. The van der Waals surface area contributed by atoms with Gasteiger partial charge in [-0.25, -0.2) is 4.39 Å². The molecule has 4 heteroatoms. The topological polar surface area (TPSA) is 17.1 Å². The third-order valence-corrected chi connectivity index (χ3v) is 3.57. The van der Waals surface area contributed by atoms with Crippen molar-refractivity contribution in [3.05, 3.63) is 68.9 Å². The molecule has 0 fully saturated rings. The minimum absolute atomic E-state index is 0.0787. The summed E-state index contributed by atoms with van der Waals surface area (Å²) in [7, 11) is 0. The number of carbonyl (C=O) groups excluding carboxylic acids is 1. The Kier molecular flexibility index (Phi) is 4.72. The zero-order valence-electron chi connectivity index (χ0n) is 10.00. The maximum atomic E-state index is 12.9. The molecule has 0 radical (unpaired) electrons. The predicted octanol–water partition coefficient (Wildman–Crippen LogP) is 5.06. The van der Waals surface area contributed by atoms with Gasteiger partial charge < -0.3 is 0 Å². The summed E-state index contributed by atoms with van der Waals surface area (Å²) in [4.78, 5) is 12.0. The third-order valence-electron chi connectivity index (χ3n) is 2.76. The Morgan fingerprint density at radius 2 is 2.00 bits per heavy atom. The summed E-state index contributed by atoms with van der Waals surface area (Å²) >= 11 is 9.25. The summed E-state index contributed by atoms with van der Waals surface area (Å²) in [6.45, 7) is 0. The molecule has 98 valence electrons. The molecule has 0 aliphatic heterocycles. The molecular weight excluding hydrogens is 331 g/mol. The first-order valence-corrected chi connectivity index (χ1v) is 6.96. The van der Waals surface area contributed by atoms with Crippen molar-refractivity contribution in [1.82, 2.24) is 0 Å². The standard InChI is InChI=1S/C15H11BrClFO/c16-11-3-1-2-10(8-11)4-7-15(19)13-6-5-12(18)9-14(13)17/h1-3,5-6,8-9H,4,7H2. The minimum atomic E-state index is -0.437. The normalized spacial score (nSPS) is 10.5. The molecule has 0 bridgehead atoms. The number of Topliss-reactive ketones (excluding diaryl/α,β-unsaturated/α-hetero) is 1. The number of rotatable bonds is 4. The predicted molar refractivity (Wildman–Crippen MR) is 78.2 cm³/mol. The average molecular weight is 342 g/mol. The number of hydrogen-bond donors (Lipinski definition) is 0. The zero-order valence-corrected chi connectivity index (χ0v) is 12.3. The summed E-state index contributed by atoms with van der Waals surface area (Å²) in [5, 5.41) is 0.166. The highest BCUT2D eigenvalue weighted by Crippen LogP contribution is 2.20. The van der Waals surface area contributed by atoms with Crippen LogP contribution in [0.5, 0.6) is 0 Å². The lowest BCUT2D eigenvalue weighted by molar-refractivity contribution is 0.0983. The summed E-state index contributed by atoms with van der Waals surface area (Å²) < 4.78 is 13.9. The maximum absolute atomic E-state index is 12.9. The van der Waals surface area contributed by atoms with Crippen LogP contribution in [0.2, 0.25) is 5.02 Å². The number of carbonyl (C=O) groups is 1. The average Bonchev–Trinajstić information content (AvgIpc) is 2.36. The van der Waals surface area contributed by atoms with Crippen molar-refractivity contribution in [2.24, 2.45) is 0 Å². The first-order valence-electron chi connectivity index (χ1n) is 5.79. The quantitative estimate of drug-likeness (QED) is 0.711. The van der Waals surface area contributed by atoms with E-state index in [0.717, 1.165) is 16.1 Å². The second kappa shape index (κ2) is 6.31. The summed E-state index contributed by atoms with van der Waals surface area (Å²) in [5.74, 6) is -0.515. The fourth-order valence-electron chi connectivity index (χ4n) is 1.80. The summed E-state index contributed by atoms with van der Waals surface area (Å²) in [6.07, 6.45) is 0.980. The van der Waals surface area contributed by atoms with Gasteiger partial charge in [-0.3, -0.25) is 4.79 Å². The lowest BCUT2D eigenvalue weighted by Gasteiger charge is -2.04. The van der Waals surface area contributed by atoms with Crippen LogP contribution in [0.25, 0.3) is 0 Å². The molecule has 0 atom stereocenters. The van der Waals surface area contributed by atoms with Crippen molar-refractivity contribution in [3.8, 4) is 0 Å².